The average Bonchev–Trinajstić information content (AvgIpc) is 2.77. The van der Waals surface area contributed by atoms with E-state index in [1.165, 1.54) is 38.2 Å². The van der Waals surface area contributed by atoms with Crippen molar-refractivity contribution in [1.29, 1.82) is 0 Å². The molecule has 0 unspecified atom stereocenters. The number of rotatable bonds is 18. The van der Waals surface area contributed by atoms with Crippen LogP contribution >= 0.6 is 12.4 Å². The molecule has 184 valence electrons. The van der Waals surface area contributed by atoms with Gasteiger partial charge in [0.25, 0.3) is 0 Å². The van der Waals surface area contributed by atoms with E-state index in [1.54, 1.807) is 6.20 Å². The first-order valence-corrected chi connectivity index (χ1v) is 11.8. The van der Waals surface area contributed by atoms with Gasteiger partial charge in [-0.15, -0.1) is 12.4 Å². The molecule has 0 radical (unpaired) electrons. The number of ether oxygens (including phenoxy) is 1. The maximum Gasteiger partial charge on any atom is 0.306 e. The molecule has 8 heteroatoms. The van der Waals surface area contributed by atoms with Crippen LogP contribution in [0.2, 0.25) is 0 Å². The number of carbonyl (C=O) groups is 2. The molecule has 1 heterocycles. The zero-order valence-electron chi connectivity index (χ0n) is 19.5. The molecular formula is C24H41ClN2O5. The lowest BCUT2D eigenvalue weighted by molar-refractivity contribution is -0.144. The molecule has 0 bridgehead atoms. The molecule has 3 N–H and O–H groups in total. The predicted octanol–water partition coefficient (Wildman–Crippen LogP) is 4.29. The van der Waals surface area contributed by atoms with E-state index in [-0.39, 0.29) is 54.7 Å². The van der Waals surface area contributed by atoms with Gasteiger partial charge in [-0.3, -0.25) is 14.4 Å². The lowest BCUT2D eigenvalue weighted by Gasteiger charge is -2.13. The smallest absolute Gasteiger partial charge is 0.306 e. The molecule has 0 spiro atoms. The normalized spacial score (nSPS) is 10.6. The maximum absolute atomic E-state index is 11.5. The first-order valence-electron chi connectivity index (χ1n) is 11.8. The third kappa shape index (κ3) is 12.9. The van der Waals surface area contributed by atoms with Crippen molar-refractivity contribution in [3.8, 4) is 5.75 Å². The van der Waals surface area contributed by atoms with Crippen LogP contribution in [0.15, 0.2) is 17.1 Å². The van der Waals surface area contributed by atoms with Crippen molar-refractivity contribution in [3.05, 3.63) is 28.2 Å². The van der Waals surface area contributed by atoms with Crippen molar-refractivity contribution in [1.82, 2.24) is 4.57 Å². The van der Waals surface area contributed by atoms with E-state index < -0.39 is 0 Å². The number of esters is 1. The van der Waals surface area contributed by atoms with Crippen molar-refractivity contribution in [3.63, 3.8) is 0 Å². The fourth-order valence-electron chi connectivity index (χ4n) is 3.58. The highest BCUT2D eigenvalue weighted by Crippen LogP contribution is 2.15. The Kier molecular flexibility index (Phi) is 17.6. The number of unbranched alkanes of at least 4 members (excludes halogenated alkanes) is 9. The van der Waals surface area contributed by atoms with Crippen LogP contribution in [0.1, 0.15) is 89.7 Å². The molecule has 0 aromatic carbocycles. The van der Waals surface area contributed by atoms with Crippen LogP contribution in [0.5, 0.6) is 5.75 Å². The van der Waals surface area contributed by atoms with Gasteiger partial charge in [-0.05, 0) is 19.3 Å². The summed E-state index contributed by atoms with van der Waals surface area (Å²) in [7, 11) is 0. The van der Waals surface area contributed by atoms with Crippen LogP contribution in [0.25, 0.3) is 0 Å². The van der Waals surface area contributed by atoms with Crippen LogP contribution < -0.4 is 11.2 Å². The van der Waals surface area contributed by atoms with Gasteiger partial charge in [0.15, 0.2) is 5.75 Å². The summed E-state index contributed by atoms with van der Waals surface area (Å²) < 4.78 is 7.11. The van der Waals surface area contributed by atoms with Crippen LogP contribution in [0.4, 0.5) is 0 Å². The highest BCUT2D eigenvalue weighted by molar-refractivity contribution is 5.85. The number of hydrogen-bond acceptors (Lipinski definition) is 6. The second-order valence-corrected chi connectivity index (χ2v) is 8.02. The van der Waals surface area contributed by atoms with E-state index in [0.717, 1.165) is 44.3 Å². The van der Waals surface area contributed by atoms with E-state index in [4.69, 9.17) is 10.5 Å². The monoisotopic (exact) mass is 472 g/mol. The Balaban J connectivity index is 0.00000961. The molecule has 0 saturated carbocycles. The highest BCUT2D eigenvalue weighted by atomic mass is 35.5. The summed E-state index contributed by atoms with van der Waals surface area (Å²) in [5, 5.41) is 9.87. The third-order valence-electron chi connectivity index (χ3n) is 5.49. The molecule has 1 aromatic rings. The van der Waals surface area contributed by atoms with Gasteiger partial charge in [0, 0.05) is 25.2 Å². The van der Waals surface area contributed by atoms with E-state index in [9.17, 15) is 19.5 Å². The number of carbonyl (C=O) groups excluding carboxylic acids is 2. The molecule has 0 aliphatic carbocycles. The summed E-state index contributed by atoms with van der Waals surface area (Å²) in [4.78, 5) is 34.0. The minimum Gasteiger partial charge on any atom is -0.503 e. The molecule has 0 atom stereocenters. The number of ketones is 1. The highest BCUT2D eigenvalue weighted by Gasteiger charge is 2.08. The Morgan fingerprint density at radius 1 is 0.969 bits per heavy atom. The van der Waals surface area contributed by atoms with E-state index in [0.29, 0.717) is 13.0 Å². The number of nitrogens with two attached hydrogens (primary N) is 1. The van der Waals surface area contributed by atoms with Crippen LogP contribution in [-0.4, -0.2) is 34.6 Å². The number of pyridine rings is 1. The van der Waals surface area contributed by atoms with E-state index >= 15 is 0 Å². The second-order valence-electron chi connectivity index (χ2n) is 8.02. The number of aromatic nitrogens is 1. The summed E-state index contributed by atoms with van der Waals surface area (Å²) in [5.41, 5.74) is 5.62. The van der Waals surface area contributed by atoms with Gasteiger partial charge in [-0.25, -0.2) is 0 Å². The predicted molar refractivity (Wildman–Crippen MR) is 129 cm³/mol. The molecule has 0 fully saturated rings. The largest absolute Gasteiger partial charge is 0.503 e. The van der Waals surface area contributed by atoms with Crippen LogP contribution in [0.3, 0.4) is 0 Å². The van der Waals surface area contributed by atoms with Gasteiger partial charge < -0.3 is 20.1 Å². The average molecular weight is 473 g/mol. The zero-order valence-corrected chi connectivity index (χ0v) is 20.3. The number of aromatic hydroxyl groups is 1. The topological polar surface area (TPSA) is 112 Å². The van der Waals surface area contributed by atoms with Crippen molar-refractivity contribution in [2.24, 2.45) is 5.73 Å². The first-order chi connectivity index (χ1) is 15.0. The maximum atomic E-state index is 11.5. The number of hydrogen-bond donors (Lipinski definition) is 2. The number of nitrogens with zero attached hydrogens (tertiary/aromatic N) is 1. The molecule has 7 nitrogen and oxygen atoms in total. The first kappa shape index (κ1) is 30.1. The number of Topliss-reactive ketones (excluding diaryl/α,β-unsaturated/α-hetero) is 1. The summed E-state index contributed by atoms with van der Waals surface area (Å²) in [6.45, 7) is 3.20. The lowest BCUT2D eigenvalue weighted by atomic mass is 10.1. The second kappa shape index (κ2) is 18.7. The van der Waals surface area contributed by atoms with Crippen molar-refractivity contribution >= 4 is 24.2 Å². The van der Waals surface area contributed by atoms with Crippen LogP contribution in [0, 0.1) is 0 Å². The molecule has 0 saturated heterocycles. The van der Waals surface area contributed by atoms with Gasteiger partial charge in [-0.1, -0.05) is 58.3 Å². The third-order valence-corrected chi connectivity index (χ3v) is 5.49. The molecule has 0 aliphatic heterocycles. The SMILES string of the molecule is CCc1c(O)c(=O)ccn1CCCCCCCCCCCCOC(=O)CCC(=O)CN.Cl. The Bertz CT molecular complexity index is 721. The van der Waals surface area contributed by atoms with Crippen molar-refractivity contribution in [2.75, 3.05) is 13.2 Å². The number of aryl methyl sites for hydroxylation is 1. The molecular weight excluding hydrogens is 432 g/mol. The minimum atomic E-state index is -0.315. The molecule has 0 aliphatic rings. The summed E-state index contributed by atoms with van der Waals surface area (Å²) >= 11 is 0. The van der Waals surface area contributed by atoms with Crippen LogP contribution in [-0.2, 0) is 27.3 Å². The van der Waals surface area contributed by atoms with Crippen molar-refractivity contribution in [2.45, 2.75) is 96.9 Å². The fourth-order valence-corrected chi connectivity index (χ4v) is 3.58. The lowest BCUT2D eigenvalue weighted by Crippen LogP contribution is -2.15. The van der Waals surface area contributed by atoms with E-state index in [1.807, 2.05) is 11.5 Å². The van der Waals surface area contributed by atoms with Gasteiger partial charge >= 0.3 is 5.97 Å². The summed E-state index contributed by atoms with van der Waals surface area (Å²) in [6.07, 6.45) is 14.1. The number of halogens is 1. The molecule has 1 rings (SSSR count). The van der Waals surface area contributed by atoms with E-state index in [2.05, 4.69) is 0 Å². The summed E-state index contributed by atoms with van der Waals surface area (Å²) in [6, 6.07) is 1.43. The molecule has 32 heavy (non-hydrogen) atoms. The quantitative estimate of drug-likeness (QED) is 0.243. The Morgan fingerprint density at radius 2 is 1.53 bits per heavy atom. The Hall–Kier alpha value is -1.86. The van der Waals surface area contributed by atoms with Crippen molar-refractivity contribution < 1.29 is 19.4 Å². The van der Waals surface area contributed by atoms with Gasteiger partial charge in [-0.2, -0.15) is 0 Å². The zero-order chi connectivity index (χ0) is 22.9. The standard InChI is InChI=1S/C24H40N2O5.ClH/c1-2-21-24(30)22(28)15-17-26(21)16-11-9-7-5-3-4-6-8-10-12-18-31-23(29)14-13-20(27)19-25;/h15,17,30H,2-14,16,18-19,25H2,1H3;1H. The van der Waals surface area contributed by atoms with Gasteiger partial charge in [0.1, 0.15) is 5.78 Å². The molecule has 0 amide bonds. The fraction of sp³-hybridized carbons (Fsp3) is 0.708. The minimum absolute atomic E-state index is 0. The summed E-state index contributed by atoms with van der Waals surface area (Å²) in [5.74, 6) is -0.538. The Morgan fingerprint density at radius 3 is 2.09 bits per heavy atom. The van der Waals surface area contributed by atoms with Gasteiger partial charge in [0.2, 0.25) is 5.43 Å². The Labute approximate surface area is 198 Å². The molecule has 1 aromatic heterocycles. The van der Waals surface area contributed by atoms with Gasteiger partial charge in [0.05, 0.1) is 25.3 Å².